The van der Waals surface area contributed by atoms with Crippen molar-refractivity contribution in [1.82, 2.24) is 19.6 Å². The number of benzene rings is 1. The number of carbonyl (C=O) groups is 2. The zero-order valence-electron chi connectivity index (χ0n) is 19.4. The van der Waals surface area contributed by atoms with Gasteiger partial charge in [-0.1, -0.05) is 18.2 Å². The molecule has 34 heavy (non-hydrogen) atoms. The van der Waals surface area contributed by atoms with E-state index in [9.17, 15) is 18.0 Å². The van der Waals surface area contributed by atoms with E-state index in [1.54, 1.807) is 11.0 Å². The molecule has 11 heteroatoms. The number of piperidine rings is 1. The molecule has 3 rings (SSSR count). The number of para-hydroxylation sites is 1. The Morgan fingerprint density at radius 3 is 2.62 bits per heavy atom. The van der Waals surface area contributed by atoms with Crippen LogP contribution in [0.5, 0.6) is 11.8 Å². The molecular formula is C23H30N4O6S. The molecule has 2 heterocycles. The first-order valence-corrected chi connectivity index (χ1v) is 12.8. The van der Waals surface area contributed by atoms with Crippen LogP contribution in [-0.2, 0) is 14.8 Å². The van der Waals surface area contributed by atoms with E-state index in [0.29, 0.717) is 24.3 Å². The second kappa shape index (κ2) is 11.8. The van der Waals surface area contributed by atoms with E-state index in [0.717, 1.165) is 18.4 Å². The Morgan fingerprint density at radius 1 is 1.18 bits per heavy atom. The van der Waals surface area contributed by atoms with Gasteiger partial charge in [0.15, 0.2) is 0 Å². The van der Waals surface area contributed by atoms with Crippen molar-refractivity contribution in [2.45, 2.75) is 45.1 Å². The van der Waals surface area contributed by atoms with Crippen LogP contribution in [0.2, 0.25) is 0 Å². The summed E-state index contributed by atoms with van der Waals surface area (Å²) in [4.78, 5) is 34.7. The molecule has 0 saturated carbocycles. The van der Waals surface area contributed by atoms with Crippen LogP contribution < -0.4 is 14.2 Å². The smallest absolute Gasteiger partial charge is 0.316 e. The summed E-state index contributed by atoms with van der Waals surface area (Å²) in [6.45, 7) is 2.49. The molecule has 0 radical (unpaired) electrons. The van der Waals surface area contributed by atoms with Crippen LogP contribution in [0.4, 0.5) is 0 Å². The molecule has 2 aromatic rings. The summed E-state index contributed by atoms with van der Waals surface area (Å²) in [5.74, 6) is -0.476. The lowest BCUT2D eigenvalue weighted by atomic mass is 9.99. The third-order valence-electron chi connectivity index (χ3n) is 5.62. The highest BCUT2D eigenvalue weighted by Crippen LogP contribution is 2.22. The summed E-state index contributed by atoms with van der Waals surface area (Å²) in [6.07, 6.45) is 5.37. The van der Waals surface area contributed by atoms with Crippen LogP contribution in [-0.4, -0.2) is 67.2 Å². The summed E-state index contributed by atoms with van der Waals surface area (Å²) in [5, 5.41) is 0. The zero-order valence-corrected chi connectivity index (χ0v) is 20.2. The number of hydrogen-bond donors (Lipinski definition) is 1. The molecule has 184 valence electrons. The maximum Gasteiger partial charge on any atom is 0.316 e. The molecule has 2 amide bonds. The van der Waals surface area contributed by atoms with E-state index in [2.05, 4.69) is 14.7 Å². The van der Waals surface area contributed by atoms with E-state index in [1.165, 1.54) is 19.5 Å². The number of likely N-dealkylation sites (tertiary alicyclic amines) is 1. The average Bonchev–Trinajstić information content (AvgIpc) is 2.83. The second-order valence-electron chi connectivity index (χ2n) is 8.10. The van der Waals surface area contributed by atoms with Crippen LogP contribution in [0.1, 0.15) is 48.0 Å². The minimum Gasteiger partial charge on any atom is -0.493 e. The fourth-order valence-corrected chi connectivity index (χ4v) is 4.94. The molecule has 1 aromatic carbocycles. The Kier molecular flexibility index (Phi) is 8.80. The van der Waals surface area contributed by atoms with Gasteiger partial charge in [0.2, 0.25) is 15.9 Å². The monoisotopic (exact) mass is 490 g/mol. The summed E-state index contributed by atoms with van der Waals surface area (Å²) in [5.41, 5.74) is 1.25. The highest BCUT2D eigenvalue weighted by Gasteiger charge is 2.29. The van der Waals surface area contributed by atoms with E-state index >= 15 is 0 Å². The van der Waals surface area contributed by atoms with Gasteiger partial charge in [-0.2, -0.15) is 0 Å². The average molecular weight is 491 g/mol. The minimum atomic E-state index is -3.84. The van der Waals surface area contributed by atoms with Crippen LogP contribution >= 0.6 is 0 Å². The van der Waals surface area contributed by atoms with Crippen molar-refractivity contribution >= 4 is 21.8 Å². The molecule has 1 saturated heterocycles. The normalized spacial score (nSPS) is 16.1. The Morgan fingerprint density at radius 2 is 1.91 bits per heavy atom. The van der Waals surface area contributed by atoms with Crippen LogP contribution in [0.15, 0.2) is 36.7 Å². The predicted molar refractivity (Wildman–Crippen MR) is 125 cm³/mol. The Labute approximate surface area is 199 Å². The molecular weight excluding hydrogens is 460 g/mol. The minimum absolute atomic E-state index is 0.0705. The molecule has 0 aliphatic carbocycles. The lowest BCUT2D eigenvalue weighted by Gasteiger charge is -2.35. The van der Waals surface area contributed by atoms with Crippen molar-refractivity contribution in [3.63, 3.8) is 0 Å². The number of hydrogen-bond acceptors (Lipinski definition) is 8. The van der Waals surface area contributed by atoms with Gasteiger partial charge in [-0.05, 0) is 44.2 Å². The van der Waals surface area contributed by atoms with Gasteiger partial charge in [-0.3, -0.25) is 14.3 Å². The van der Waals surface area contributed by atoms with Gasteiger partial charge >= 0.3 is 6.01 Å². The third-order valence-corrected chi connectivity index (χ3v) is 6.93. The number of sulfonamides is 1. The van der Waals surface area contributed by atoms with Crippen LogP contribution in [0.3, 0.4) is 0 Å². The number of ether oxygens (including phenoxy) is 2. The predicted octanol–water partition coefficient (Wildman–Crippen LogP) is 2.09. The number of aromatic nitrogens is 2. The van der Waals surface area contributed by atoms with Gasteiger partial charge in [0.1, 0.15) is 5.75 Å². The van der Waals surface area contributed by atoms with Gasteiger partial charge in [-0.15, -0.1) is 0 Å². The van der Waals surface area contributed by atoms with Crippen LogP contribution in [0, 0.1) is 6.92 Å². The first kappa shape index (κ1) is 25.4. The summed E-state index contributed by atoms with van der Waals surface area (Å²) in [7, 11) is -2.40. The largest absolute Gasteiger partial charge is 0.493 e. The number of rotatable bonds is 10. The lowest BCUT2D eigenvalue weighted by molar-refractivity contribution is -0.119. The Balaban J connectivity index is 1.50. The van der Waals surface area contributed by atoms with Gasteiger partial charge in [0.25, 0.3) is 5.91 Å². The van der Waals surface area contributed by atoms with Crippen molar-refractivity contribution in [3.8, 4) is 11.8 Å². The highest BCUT2D eigenvalue weighted by molar-refractivity contribution is 7.90. The molecule has 0 bridgehead atoms. The van der Waals surface area contributed by atoms with Gasteiger partial charge < -0.3 is 14.4 Å². The maximum atomic E-state index is 12.9. The highest BCUT2D eigenvalue weighted by atomic mass is 32.2. The summed E-state index contributed by atoms with van der Waals surface area (Å²) < 4.78 is 37.5. The number of amides is 2. The van der Waals surface area contributed by atoms with Crippen molar-refractivity contribution in [3.05, 3.63) is 47.8 Å². The maximum absolute atomic E-state index is 12.9. The Bertz CT molecular complexity index is 1090. The quantitative estimate of drug-likeness (QED) is 0.536. The fourth-order valence-electron chi connectivity index (χ4n) is 3.80. The number of aryl methyl sites for hydroxylation is 1. The van der Waals surface area contributed by atoms with Gasteiger partial charge in [0.05, 0.1) is 31.5 Å². The molecule has 10 nitrogen and oxygen atoms in total. The standard InChI is InChI=1S/C23H30N4O6S/c1-17-7-3-4-9-20(17)33-13-10-21(28)26-34(30,31)14-11-19-8-5-6-12-27(19)22(29)18-15-24-23(32-2)25-16-18/h3-4,7,9,15-16,19H,5-6,8,10-14H2,1-2H3,(H,26,28). The Hall–Kier alpha value is -3.21. The zero-order chi connectivity index (χ0) is 24.6. The molecule has 1 N–H and O–H groups in total. The van der Waals surface area contributed by atoms with Crippen molar-refractivity contribution in [2.24, 2.45) is 0 Å². The van der Waals surface area contributed by atoms with E-state index in [1.807, 2.05) is 25.1 Å². The van der Waals surface area contributed by atoms with Crippen molar-refractivity contribution < 1.29 is 27.5 Å². The second-order valence-corrected chi connectivity index (χ2v) is 9.95. The number of nitrogens with one attached hydrogen (secondary N) is 1. The van der Waals surface area contributed by atoms with Gasteiger partial charge in [-0.25, -0.2) is 18.4 Å². The first-order chi connectivity index (χ1) is 16.3. The summed E-state index contributed by atoms with van der Waals surface area (Å²) in [6, 6.07) is 7.30. The third kappa shape index (κ3) is 7.14. The molecule has 1 aliphatic rings. The number of carbonyl (C=O) groups excluding carboxylic acids is 2. The topological polar surface area (TPSA) is 128 Å². The van der Waals surface area contributed by atoms with E-state index in [-0.39, 0.29) is 43.2 Å². The number of methoxy groups -OCH3 is 1. The number of nitrogens with zero attached hydrogens (tertiary/aromatic N) is 3. The molecule has 1 aromatic heterocycles. The molecule has 0 spiro atoms. The molecule has 1 fully saturated rings. The van der Waals surface area contributed by atoms with E-state index < -0.39 is 15.9 Å². The fraction of sp³-hybridized carbons (Fsp3) is 0.478. The van der Waals surface area contributed by atoms with Gasteiger partial charge in [0, 0.05) is 25.0 Å². The summed E-state index contributed by atoms with van der Waals surface area (Å²) >= 11 is 0. The van der Waals surface area contributed by atoms with Crippen molar-refractivity contribution in [2.75, 3.05) is 26.0 Å². The lowest BCUT2D eigenvalue weighted by Crippen LogP contribution is -2.45. The molecule has 1 aliphatic heterocycles. The molecule has 1 atom stereocenters. The molecule has 1 unspecified atom stereocenters. The first-order valence-electron chi connectivity index (χ1n) is 11.2. The SMILES string of the molecule is COc1ncc(C(=O)N2CCCCC2CCS(=O)(=O)NC(=O)CCOc2ccccc2C)cn1. The van der Waals surface area contributed by atoms with Crippen LogP contribution in [0.25, 0.3) is 0 Å². The van der Waals surface area contributed by atoms with Crippen molar-refractivity contribution in [1.29, 1.82) is 0 Å². The van der Waals surface area contributed by atoms with E-state index in [4.69, 9.17) is 9.47 Å².